The molecule has 0 radical (unpaired) electrons. The number of aliphatic hydroxyl groups is 1. The summed E-state index contributed by atoms with van der Waals surface area (Å²) in [7, 11) is 0. The average molecular weight is 214 g/mol. The first-order valence-electron chi connectivity index (χ1n) is 4.20. The molecule has 0 aliphatic heterocycles. The summed E-state index contributed by atoms with van der Waals surface area (Å²) in [5, 5.41) is 19.6. The van der Waals surface area contributed by atoms with Crippen LogP contribution in [0.4, 0.5) is 4.39 Å². The molecule has 1 aromatic rings. The van der Waals surface area contributed by atoms with Crippen molar-refractivity contribution in [3.05, 3.63) is 29.6 Å². The lowest BCUT2D eigenvalue weighted by atomic mass is 10.2. The topological polar surface area (TPSA) is 88.1 Å². The molecule has 0 bridgehead atoms. The maximum absolute atomic E-state index is 13.3. The van der Waals surface area contributed by atoms with Gasteiger partial charge in [0.05, 0.1) is 6.61 Å². The first-order valence-corrected chi connectivity index (χ1v) is 4.20. The third-order valence-corrected chi connectivity index (χ3v) is 1.68. The van der Waals surface area contributed by atoms with Gasteiger partial charge in [0.1, 0.15) is 6.61 Å². The van der Waals surface area contributed by atoms with Crippen molar-refractivity contribution in [1.82, 2.24) is 0 Å². The Hall–Kier alpha value is -1.82. The maximum Gasteiger partial charge on any atom is 0.170 e. The third-order valence-electron chi connectivity index (χ3n) is 1.68. The summed E-state index contributed by atoms with van der Waals surface area (Å²) in [5.74, 6) is -0.798. The Balaban J connectivity index is 2.88. The minimum absolute atomic E-state index is 0.0125. The summed E-state index contributed by atoms with van der Waals surface area (Å²) in [6.07, 6.45) is 0. The van der Waals surface area contributed by atoms with Gasteiger partial charge in [-0.3, -0.25) is 0 Å². The minimum Gasteiger partial charge on any atom is -0.488 e. The van der Waals surface area contributed by atoms with Crippen LogP contribution in [-0.2, 0) is 0 Å². The normalized spacial score (nSPS) is 11.5. The molecule has 1 rings (SSSR count). The fraction of sp³-hybridized carbons (Fsp3) is 0.222. The van der Waals surface area contributed by atoms with Crippen molar-refractivity contribution in [2.45, 2.75) is 0 Å². The molecule has 0 saturated heterocycles. The van der Waals surface area contributed by atoms with Crippen LogP contribution >= 0.6 is 0 Å². The van der Waals surface area contributed by atoms with Crippen molar-refractivity contribution in [3.8, 4) is 5.75 Å². The lowest BCUT2D eigenvalue weighted by molar-refractivity contribution is 0.196. The highest BCUT2D eigenvalue weighted by Crippen LogP contribution is 2.18. The lowest BCUT2D eigenvalue weighted by Crippen LogP contribution is -2.13. The van der Waals surface area contributed by atoms with E-state index in [9.17, 15) is 4.39 Å². The quantitative estimate of drug-likeness (QED) is 0.291. The van der Waals surface area contributed by atoms with Crippen LogP contribution in [-0.4, -0.2) is 29.4 Å². The Kier molecular flexibility index (Phi) is 3.87. The molecule has 0 heterocycles. The monoisotopic (exact) mass is 214 g/mol. The molecule has 0 spiro atoms. The molecule has 6 heteroatoms. The van der Waals surface area contributed by atoms with Crippen LogP contribution in [0.3, 0.4) is 0 Å². The van der Waals surface area contributed by atoms with E-state index in [0.29, 0.717) is 0 Å². The number of nitrogens with two attached hydrogens (primary N) is 1. The summed E-state index contributed by atoms with van der Waals surface area (Å²) >= 11 is 0. The van der Waals surface area contributed by atoms with Gasteiger partial charge in [-0.1, -0.05) is 5.16 Å². The number of halogens is 1. The van der Waals surface area contributed by atoms with E-state index >= 15 is 0 Å². The van der Waals surface area contributed by atoms with E-state index in [-0.39, 0.29) is 30.4 Å². The smallest absolute Gasteiger partial charge is 0.170 e. The van der Waals surface area contributed by atoms with Gasteiger partial charge in [0.25, 0.3) is 0 Å². The zero-order valence-electron chi connectivity index (χ0n) is 7.85. The standard InChI is InChI=1S/C9H11FN2O3/c10-7-5-6(9(11)12-14)1-2-8(7)15-4-3-13/h1-2,5,13-14H,3-4H2,(H2,11,12). The van der Waals surface area contributed by atoms with Crippen LogP contribution < -0.4 is 10.5 Å². The Morgan fingerprint density at radius 2 is 2.27 bits per heavy atom. The Morgan fingerprint density at radius 1 is 1.53 bits per heavy atom. The molecule has 0 amide bonds. The molecule has 0 unspecified atom stereocenters. The molecule has 0 fully saturated rings. The predicted molar refractivity (Wildman–Crippen MR) is 51.5 cm³/mol. The summed E-state index contributed by atoms with van der Waals surface area (Å²) < 4.78 is 18.2. The molecule has 0 atom stereocenters. The van der Waals surface area contributed by atoms with Gasteiger partial charge in [0.15, 0.2) is 17.4 Å². The van der Waals surface area contributed by atoms with Crippen LogP contribution in [0.1, 0.15) is 5.56 Å². The highest BCUT2D eigenvalue weighted by molar-refractivity contribution is 5.97. The molecule has 15 heavy (non-hydrogen) atoms. The molecule has 0 aliphatic rings. The first kappa shape index (κ1) is 11.3. The van der Waals surface area contributed by atoms with Crippen molar-refractivity contribution in [2.75, 3.05) is 13.2 Å². The predicted octanol–water partition coefficient (Wildman–Crippen LogP) is 0.291. The molecular weight excluding hydrogens is 203 g/mol. The number of rotatable bonds is 4. The zero-order chi connectivity index (χ0) is 11.3. The lowest BCUT2D eigenvalue weighted by Gasteiger charge is -2.06. The average Bonchev–Trinajstić information content (AvgIpc) is 2.26. The summed E-state index contributed by atoms with van der Waals surface area (Å²) in [6, 6.07) is 3.88. The second-order valence-corrected chi connectivity index (χ2v) is 2.70. The van der Waals surface area contributed by atoms with Crippen molar-refractivity contribution >= 4 is 5.84 Å². The third kappa shape index (κ3) is 2.81. The van der Waals surface area contributed by atoms with E-state index < -0.39 is 5.82 Å². The number of hydrogen-bond acceptors (Lipinski definition) is 4. The van der Waals surface area contributed by atoms with Gasteiger partial charge < -0.3 is 20.8 Å². The first-order chi connectivity index (χ1) is 7.19. The molecule has 0 aliphatic carbocycles. The van der Waals surface area contributed by atoms with Crippen molar-refractivity contribution in [3.63, 3.8) is 0 Å². The molecule has 5 nitrogen and oxygen atoms in total. The second-order valence-electron chi connectivity index (χ2n) is 2.70. The number of aliphatic hydroxyl groups excluding tert-OH is 1. The summed E-state index contributed by atoms with van der Waals surface area (Å²) in [5.41, 5.74) is 5.52. The van der Waals surface area contributed by atoms with Crippen LogP contribution in [0.2, 0.25) is 0 Å². The number of nitrogens with zero attached hydrogens (tertiary/aromatic N) is 1. The molecular formula is C9H11FN2O3. The van der Waals surface area contributed by atoms with E-state index in [1.54, 1.807) is 0 Å². The molecule has 1 aromatic carbocycles. The Bertz CT molecular complexity index is 368. The molecule has 4 N–H and O–H groups in total. The van der Waals surface area contributed by atoms with Crippen LogP contribution in [0.5, 0.6) is 5.75 Å². The number of benzene rings is 1. The zero-order valence-corrected chi connectivity index (χ0v) is 7.85. The SMILES string of the molecule is N/C(=N\O)c1ccc(OCCO)c(F)c1. The van der Waals surface area contributed by atoms with Gasteiger partial charge in [-0.15, -0.1) is 0 Å². The van der Waals surface area contributed by atoms with Crippen LogP contribution in [0.15, 0.2) is 23.4 Å². The number of ether oxygens (including phenoxy) is 1. The van der Waals surface area contributed by atoms with Crippen LogP contribution in [0, 0.1) is 5.82 Å². The van der Waals surface area contributed by atoms with Gasteiger partial charge in [-0.2, -0.15) is 0 Å². The van der Waals surface area contributed by atoms with Crippen molar-refractivity contribution < 1.29 is 19.4 Å². The Morgan fingerprint density at radius 3 is 2.80 bits per heavy atom. The van der Waals surface area contributed by atoms with E-state index in [0.717, 1.165) is 6.07 Å². The van der Waals surface area contributed by atoms with E-state index in [2.05, 4.69) is 5.16 Å². The van der Waals surface area contributed by atoms with Gasteiger partial charge >= 0.3 is 0 Å². The highest BCUT2D eigenvalue weighted by atomic mass is 19.1. The van der Waals surface area contributed by atoms with Crippen LogP contribution in [0.25, 0.3) is 0 Å². The minimum atomic E-state index is -0.632. The van der Waals surface area contributed by atoms with Crippen molar-refractivity contribution in [1.29, 1.82) is 0 Å². The fourth-order valence-electron chi connectivity index (χ4n) is 0.991. The second kappa shape index (κ2) is 5.16. The largest absolute Gasteiger partial charge is 0.488 e. The number of oxime groups is 1. The fourth-order valence-corrected chi connectivity index (χ4v) is 0.991. The van der Waals surface area contributed by atoms with Gasteiger partial charge in [0, 0.05) is 5.56 Å². The van der Waals surface area contributed by atoms with Gasteiger partial charge in [0.2, 0.25) is 0 Å². The summed E-state index contributed by atoms with van der Waals surface area (Å²) in [6.45, 7) is -0.179. The summed E-state index contributed by atoms with van der Waals surface area (Å²) in [4.78, 5) is 0. The Labute approximate surface area is 85.6 Å². The number of amidine groups is 1. The maximum atomic E-state index is 13.3. The molecule has 0 aromatic heterocycles. The highest BCUT2D eigenvalue weighted by Gasteiger charge is 2.06. The number of hydrogen-bond donors (Lipinski definition) is 3. The van der Waals surface area contributed by atoms with Gasteiger partial charge in [-0.25, -0.2) is 4.39 Å². The van der Waals surface area contributed by atoms with E-state index in [1.165, 1.54) is 12.1 Å². The molecule has 82 valence electrons. The molecule has 0 saturated carbocycles. The van der Waals surface area contributed by atoms with Crippen molar-refractivity contribution in [2.24, 2.45) is 10.9 Å². The van der Waals surface area contributed by atoms with Gasteiger partial charge in [-0.05, 0) is 18.2 Å². The van der Waals surface area contributed by atoms with E-state index in [4.69, 9.17) is 20.8 Å². The van der Waals surface area contributed by atoms with E-state index in [1.807, 2.05) is 0 Å².